The van der Waals surface area contributed by atoms with E-state index >= 15 is 0 Å². The number of benzene rings is 1. The van der Waals surface area contributed by atoms with Gasteiger partial charge in [-0.2, -0.15) is 0 Å². The van der Waals surface area contributed by atoms with E-state index in [1.54, 1.807) is 0 Å². The highest BCUT2D eigenvalue weighted by Crippen LogP contribution is 2.55. The van der Waals surface area contributed by atoms with E-state index in [-0.39, 0.29) is 18.0 Å². The highest BCUT2D eigenvalue weighted by molar-refractivity contribution is 5.98. The molecule has 0 saturated carbocycles. The summed E-state index contributed by atoms with van der Waals surface area (Å²) in [4.78, 5) is 25.9. The molecule has 1 spiro atoms. The van der Waals surface area contributed by atoms with Crippen molar-refractivity contribution in [3.05, 3.63) is 23.8 Å². The van der Waals surface area contributed by atoms with Gasteiger partial charge in [0.2, 0.25) is 0 Å². The summed E-state index contributed by atoms with van der Waals surface area (Å²) < 4.78 is 17.8. The Morgan fingerprint density at radius 3 is 2.86 bits per heavy atom. The van der Waals surface area contributed by atoms with E-state index in [0.29, 0.717) is 54.8 Å². The number of carboxylic acid groups (broad SMARTS) is 1. The van der Waals surface area contributed by atoms with Crippen LogP contribution in [0.25, 0.3) is 0 Å². The van der Waals surface area contributed by atoms with E-state index in [0.717, 1.165) is 25.9 Å². The van der Waals surface area contributed by atoms with Crippen LogP contribution in [-0.2, 0) is 9.53 Å². The molecule has 158 valence electrons. The number of fused-ring (bicyclic) bond motifs is 2. The summed E-state index contributed by atoms with van der Waals surface area (Å²) in [6.45, 7) is 3.26. The molecule has 3 saturated heterocycles. The minimum atomic E-state index is -0.250. The van der Waals surface area contributed by atoms with Crippen molar-refractivity contribution in [1.29, 1.82) is 0 Å². The van der Waals surface area contributed by atoms with Crippen LogP contribution in [0.1, 0.15) is 23.2 Å². The van der Waals surface area contributed by atoms with Crippen LogP contribution in [0.2, 0.25) is 0 Å². The first-order valence-electron chi connectivity index (χ1n) is 10.1. The average Bonchev–Trinajstić information content (AvgIpc) is 3.37. The van der Waals surface area contributed by atoms with Crippen LogP contribution < -0.4 is 9.47 Å². The van der Waals surface area contributed by atoms with Gasteiger partial charge in [-0.25, -0.2) is 0 Å². The first kappa shape index (κ1) is 20.0. The molecule has 4 aliphatic rings. The molecule has 29 heavy (non-hydrogen) atoms. The Kier molecular flexibility index (Phi) is 5.40. The lowest BCUT2D eigenvalue weighted by atomic mass is 9.73. The quantitative estimate of drug-likeness (QED) is 0.761. The normalized spacial score (nSPS) is 31.3. The monoisotopic (exact) mass is 404 g/mol. The fraction of sp³-hybridized carbons (Fsp3) is 0.619. The predicted octanol–water partition coefficient (Wildman–Crippen LogP) is 1.34. The van der Waals surface area contributed by atoms with Crippen LogP contribution in [0.5, 0.6) is 11.5 Å². The Morgan fingerprint density at radius 1 is 1.34 bits per heavy atom. The maximum Gasteiger partial charge on any atom is 0.290 e. The summed E-state index contributed by atoms with van der Waals surface area (Å²) in [5.74, 6) is 2.24. The van der Waals surface area contributed by atoms with E-state index in [2.05, 4.69) is 19.0 Å². The second-order valence-electron chi connectivity index (χ2n) is 8.41. The number of ether oxygens (including phenoxy) is 3. The van der Waals surface area contributed by atoms with Gasteiger partial charge in [0.15, 0.2) is 11.5 Å². The predicted molar refractivity (Wildman–Crippen MR) is 104 cm³/mol. The zero-order valence-electron chi connectivity index (χ0n) is 16.9. The molecule has 2 bridgehead atoms. The summed E-state index contributed by atoms with van der Waals surface area (Å²) in [6, 6.07) is 5.57. The maximum absolute atomic E-state index is 13.3. The third kappa shape index (κ3) is 3.44. The minimum absolute atomic E-state index is 0.0341. The van der Waals surface area contributed by atoms with Crippen molar-refractivity contribution >= 4 is 12.4 Å². The summed E-state index contributed by atoms with van der Waals surface area (Å²) >= 11 is 0. The molecule has 0 aromatic heterocycles. The van der Waals surface area contributed by atoms with Crippen LogP contribution in [0.4, 0.5) is 0 Å². The number of carbonyl (C=O) groups is 2. The van der Waals surface area contributed by atoms with Crippen molar-refractivity contribution in [3.63, 3.8) is 0 Å². The molecule has 0 radical (unpaired) electrons. The van der Waals surface area contributed by atoms with Crippen LogP contribution in [0.3, 0.4) is 0 Å². The number of para-hydroxylation sites is 1. The Balaban J connectivity index is 0.000000645. The third-order valence-corrected chi connectivity index (χ3v) is 6.44. The molecule has 5 rings (SSSR count). The van der Waals surface area contributed by atoms with Gasteiger partial charge < -0.3 is 29.1 Å². The molecular weight excluding hydrogens is 376 g/mol. The molecule has 0 aliphatic carbocycles. The van der Waals surface area contributed by atoms with Gasteiger partial charge in [0.25, 0.3) is 12.4 Å². The molecule has 1 aromatic rings. The number of hydrogen-bond acceptors (Lipinski definition) is 6. The second-order valence-corrected chi connectivity index (χ2v) is 8.41. The van der Waals surface area contributed by atoms with Gasteiger partial charge >= 0.3 is 0 Å². The zero-order valence-corrected chi connectivity index (χ0v) is 16.9. The SMILES string of the molecule is CN(C)C[C@H]1[C@H]2CN(C(=O)c3cccc4c3OCCO4)C[C@]23CC[C@H]1O3.O=CO. The molecule has 8 heteroatoms. The number of hydrogen-bond donors (Lipinski definition) is 1. The number of amides is 1. The van der Waals surface area contributed by atoms with E-state index in [4.69, 9.17) is 24.1 Å². The third-order valence-electron chi connectivity index (χ3n) is 6.44. The zero-order chi connectivity index (χ0) is 20.6. The largest absolute Gasteiger partial charge is 0.486 e. The first-order chi connectivity index (χ1) is 14.0. The number of nitrogens with zero attached hydrogens (tertiary/aromatic N) is 2. The van der Waals surface area contributed by atoms with E-state index in [1.807, 2.05) is 23.1 Å². The second kappa shape index (κ2) is 7.84. The van der Waals surface area contributed by atoms with Crippen LogP contribution in [0.15, 0.2) is 18.2 Å². The Morgan fingerprint density at radius 2 is 2.10 bits per heavy atom. The maximum atomic E-state index is 13.3. The number of rotatable bonds is 3. The molecule has 4 heterocycles. The van der Waals surface area contributed by atoms with Crippen molar-refractivity contribution in [2.24, 2.45) is 11.8 Å². The van der Waals surface area contributed by atoms with Crippen LogP contribution >= 0.6 is 0 Å². The van der Waals surface area contributed by atoms with Crippen molar-refractivity contribution in [2.45, 2.75) is 24.5 Å². The summed E-state index contributed by atoms with van der Waals surface area (Å²) in [7, 11) is 4.23. The first-order valence-corrected chi connectivity index (χ1v) is 10.1. The van der Waals surface area contributed by atoms with Gasteiger partial charge in [-0.05, 0) is 39.1 Å². The van der Waals surface area contributed by atoms with Crippen LogP contribution in [-0.4, -0.2) is 85.9 Å². The van der Waals surface area contributed by atoms with Gasteiger partial charge in [0, 0.05) is 24.9 Å². The number of likely N-dealkylation sites (tertiary alicyclic amines) is 1. The van der Waals surface area contributed by atoms with Crippen molar-refractivity contribution in [3.8, 4) is 11.5 Å². The molecular formula is C21H28N2O6. The lowest BCUT2D eigenvalue weighted by Crippen LogP contribution is -2.40. The van der Waals surface area contributed by atoms with Gasteiger partial charge in [-0.1, -0.05) is 6.07 Å². The van der Waals surface area contributed by atoms with Crippen LogP contribution in [0, 0.1) is 11.8 Å². The molecule has 4 atom stereocenters. The highest BCUT2D eigenvalue weighted by atomic mass is 16.6. The molecule has 8 nitrogen and oxygen atoms in total. The smallest absolute Gasteiger partial charge is 0.290 e. The molecule has 3 fully saturated rings. The van der Waals surface area contributed by atoms with Crippen molar-refractivity contribution in [1.82, 2.24) is 9.80 Å². The van der Waals surface area contributed by atoms with E-state index in [1.165, 1.54) is 0 Å². The highest BCUT2D eigenvalue weighted by Gasteiger charge is 2.63. The fourth-order valence-corrected chi connectivity index (χ4v) is 5.42. The Labute approximate surface area is 170 Å². The van der Waals surface area contributed by atoms with Gasteiger partial charge in [0.05, 0.1) is 23.8 Å². The fourth-order valence-electron chi connectivity index (χ4n) is 5.42. The van der Waals surface area contributed by atoms with E-state index < -0.39 is 0 Å². The summed E-state index contributed by atoms with van der Waals surface area (Å²) in [5, 5.41) is 6.89. The Bertz CT molecular complexity index is 784. The lowest BCUT2D eigenvalue weighted by Gasteiger charge is -2.30. The molecule has 0 unspecified atom stereocenters. The number of carbonyl (C=O) groups excluding carboxylic acids is 1. The lowest BCUT2D eigenvalue weighted by molar-refractivity contribution is -0.122. The minimum Gasteiger partial charge on any atom is -0.486 e. The van der Waals surface area contributed by atoms with Gasteiger partial charge in [0.1, 0.15) is 13.2 Å². The van der Waals surface area contributed by atoms with Gasteiger partial charge in [-0.15, -0.1) is 0 Å². The average molecular weight is 404 g/mol. The molecule has 1 aromatic carbocycles. The van der Waals surface area contributed by atoms with Crippen molar-refractivity contribution in [2.75, 3.05) is 46.9 Å². The summed E-state index contributed by atoms with van der Waals surface area (Å²) in [5.41, 5.74) is 0.477. The van der Waals surface area contributed by atoms with Gasteiger partial charge in [-0.3, -0.25) is 9.59 Å². The van der Waals surface area contributed by atoms with Crippen molar-refractivity contribution < 1.29 is 28.9 Å². The topological polar surface area (TPSA) is 88.5 Å². The molecule has 1 N–H and O–H groups in total. The standard InChI is InChI=1S/C20H26N2O4.CH2O2/c1-21(2)10-14-15-11-22(12-20(15)7-6-16(14)26-20)19(23)13-4-3-5-17-18(13)25-9-8-24-17;2-1-3/h3-5,14-16H,6-12H2,1-2H3;1H,(H,2,3)/t14-,15+,16+,20+;/m0./s1. The Hall–Kier alpha value is -2.32. The molecule has 4 aliphatic heterocycles. The van der Waals surface area contributed by atoms with E-state index in [9.17, 15) is 4.79 Å². The molecule has 1 amide bonds. The summed E-state index contributed by atoms with van der Waals surface area (Å²) in [6.07, 6.45) is 2.55.